The van der Waals surface area contributed by atoms with Crippen molar-refractivity contribution in [2.45, 2.75) is 123 Å². The first-order valence-electron chi connectivity index (χ1n) is 13.2. The van der Waals surface area contributed by atoms with Crippen molar-refractivity contribution in [3.63, 3.8) is 0 Å². The summed E-state index contributed by atoms with van der Waals surface area (Å²) in [6, 6.07) is 3.44. The Morgan fingerprint density at radius 2 is 1.48 bits per heavy atom. The van der Waals surface area contributed by atoms with Crippen LogP contribution in [0.4, 0.5) is 8.78 Å². The van der Waals surface area contributed by atoms with Crippen LogP contribution in [0.15, 0.2) is 12.1 Å². The summed E-state index contributed by atoms with van der Waals surface area (Å²) in [6.45, 7) is 6.39. The van der Waals surface area contributed by atoms with Crippen LogP contribution in [-0.4, -0.2) is 6.10 Å². The number of hydrogen-bond acceptors (Lipinski definition) is 1. The Hall–Kier alpha value is -1.12. The molecule has 2 aliphatic rings. The maximum atomic E-state index is 14.9. The molecule has 1 nitrogen and oxygen atoms in total. The molecular formula is C28H44F2O. The normalized spacial score (nSPS) is 27.8. The van der Waals surface area contributed by atoms with E-state index >= 15 is 0 Å². The molecule has 0 heterocycles. The van der Waals surface area contributed by atoms with Crippen molar-refractivity contribution >= 4 is 0 Å². The van der Waals surface area contributed by atoms with E-state index < -0.39 is 11.6 Å². The molecule has 1 aromatic rings. The van der Waals surface area contributed by atoms with Gasteiger partial charge in [-0.2, -0.15) is 4.39 Å². The molecule has 0 radical (unpaired) electrons. The van der Waals surface area contributed by atoms with E-state index in [1.165, 1.54) is 51.4 Å². The Balaban J connectivity index is 1.52. The predicted molar refractivity (Wildman–Crippen MR) is 126 cm³/mol. The molecule has 1 atom stereocenters. The van der Waals surface area contributed by atoms with Crippen molar-refractivity contribution in [2.24, 2.45) is 17.8 Å². The maximum absolute atomic E-state index is 14.9. The van der Waals surface area contributed by atoms with Crippen LogP contribution in [0.1, 0.15) is 122 Å². The summed E-state index contributed by atoms with van der Waals surface area (Å²) >= 11 is 0. The van der Waals surface area contributed by atoms with Crippen molar-refractivity contribution in [2.75, 3.05) is 0 Å². The van der Waals surface area contributed by atoms with E-state index in [2.05, 4.69) is 13.8 Å². The van der Waals surface area contributed by atoms with Gasteiger partial charge >= 0.3 is 0 Å². The minimum atomic E-state index is -0.795. The minimum Gasteiger partial charge on any atom is -0.488 e. The highest BCUT2D eigenvalue weighted by molar-refractivity contribution is 5.33. The zero-order chi connectivity index (χ0) is 22.2. The van der Waals surface area contributed by atoms with E-state index in [1.807, 2.05) is 6.92 Å². The molecule has 3 rings (SSSR count). The van der Waals surface area contributed by atoms with E-state index in [0.29, 0.717) is 5.56 Å². The molecule has 31 heavy (non-hydrogen) atoms. The van der Waals surface area contributed by atoms with Gasteiger partial charge in [-0.05, 0) is 93.6 Å². The number of halogens is 2. The second-order valence-electron chi connectivity index (χ2n) is 10.4. The Bertz CT molecular complexity index is 657. The van der Waals surface area contributed by atoms with Gasteiger partial charge in [-0.25, -0.2) is 4.39 Å². The number of unbranched alkanes of at least 4 members (excludes halogenated alkanes) is 2. The lowest BCUT2D eigenvalue weighted by Crippen LogP contribution is -2.25. The van der Waals surface area contributed by atoms with Crippen LogP contribution in [0.25, 0.3) is 0 Å². The fourth-order valence-electron chi connectivity index (χ4n) is 6.17. The van der Waals surface area contributed by atoms with Crippen LogP contribution in [0, 0.1) is 29.4 Å². The highest BCUT2D eigenvalue weighted by Crippen LogP contribution is 2.45. The summed E-state index contributed by atoms with van der Waals surface area (Å²) in [5.74, 6) is 1.35. The van der Waals surface area contributed by atoms with Crippen LogP contribution in [0.3, 0.4) is 0 Å². The van der Waals surface area contributed by atoms with Gasteiger partial charge in [0, 0.05) is 0 Å². The Morgan fingerprint density at radius 1 is 0.839 bits per heavy atom. The van der Waals surface area contributed by atoms with Gasteiger partial charge in [0.1, 0.15) is 0 Å². The molecule has 0 spiro atoms. The monoisotopic (exact) mass is 434 g/mol. The van der Waals surface area contributed by atoms with Crippen molar-refractivity contribution in [3.05, 3.63) is 29.3 Å². The quantitative estimate of drug-likeness (QED) is 0.333. The first-order valence-corrected chi connectivity index (χ1v) is 13.2. The average Bonchev–Trinajstić information content (AvgIpc) is 2.78. The third kappa shape index (κ3) is 6.68. The number of rotatable bonds is 10. The van der Waals surface area contributed by atoms with E-state index in [9.17, 15) is 8.78 Å². The summed E-state index contributed by atoms with van der Waals surface area (Å²) in [7, 11) is 0. The molecule has 0 aliphatic heterocycles. The SMILES string of the molecule is CCCCCC(C)Oc1ccc(C2CCC(C3CCC(CCC)CC3)CC2)c(F)c1F. The van der Waals surface area contributed by atoms with Crippen molar-refractivity contribution in [1.82, 2.24) is 0 Å². The molecule has 3 heteroatoms. The van der Waals surface area contributed by atoms with Crippen LogP contribution in [0.5, 0.6) is 5.75 Å². The van der Waals surface area contributed by atoms with Crippen LogP contribution >= 0.6 is 0 Å². The standard InChI is InChI=1S/C28H44F2O/c1-4-6-7-9-20(3)31-26-19-18-25(27(29)28(26)30)24-16-14-23(15-17-24)22-12-10-21(8-5-2)11-13-22/h18-24H,4-17H2,1-3H3. The Labute approximate surface area is 189 Å². The van der Waals surface area contributed by atoms with E-state index in [1.54, 1.807) is 12.1 Å². The van der Waals surface area contributed by atoms with Crippen molar-refractivity contribution in [1.29, 1.82) is 0 Å². The molecule has 2 saturated carbocycles. The highest BCUT2D eigenvalue weighted by Gasteiger charge is 2.32. The third-order valence-electron chi connectivity index (χ3n) is 8.09. The number of benzene rings is 1. The summed E-state index contributed by atoms with van der Waals surface area (Å²) in [6.07, 6.45) is 16.7. The van der Waals surface area contributed by atoms with E-state index in [4.69, 9.17) is 4.74 Å². The van der Waals surface area contributed by atoms with Gasteiger partial charge in [-0.15, -0.1) is 0 Å². The lowest BCUT2D eigenvalue weighted by Gasteiger charge is -2.38. The van der Waals surface area contributed by atoms with Crippen molar-refractivity contribution in [3.8, 4) is 5.75 Å². The molecule has 2 fully saturated rings. The van der Waals surface area contributed by atoms with Crippen LogP contribution < -0.4 is 4.74 Å². The fourth-order valence-corrected chi connectivity index (χ4v) is 6.17. The lowest BCUT2D eigenvalue weighted by atomic mass is 9.68. The summed E-state index contributed by atoms with van der Waals surface area (Å²) in [5, 5.41) is 0. The molecule has 2 aliphatic carbocycles. The van der Waals surface area contributed by atoms with Gasteiger partial charge in [-0.3, -0.25) is 0 Å². The van der Waals surface area contributed by atoms with Crippen LogP contribution in [-0.2, 0) is 0 Å². The molecule has 1 unspecified atom stereocenters. The maximum Gasteiger partial charge on any atom is 0.200 e. The van der Waals surface area contributed by atoms with Gasteiger partial charge in [0.25, 0.3) is 0 Å². The second kappa shape index (κ2) is 12.2. The van der Waals surface area contributed by atoms with Gasteiger partial charge in [0.2, 0.25) is 5.82 Å². The topological polar surface area (TPSA) is 9.23 Å². The second-order valence-corrected chi connectivity index (χ2v) is 10.4. The third-order valence-corrected chi connectivity index (χ3v) is 8.09. The largest absolute Gasteiger partial charge is 0.488 e. The van der Waals surface area contributed by atoms with Gasteiger partial charge in [-0.1, -0.05) is 58.4 Å². The lowest BCUT2D eigenvalue weighted by molar-refractivity contribution is 0.155. The Morgan fingerprint density at radius 3 is 2.10 bits per heavy atom. The predicted octanol–water partition coefficient (Wildman–Crippen LogP) is 9.19. The summed E-state index contributed by atoms with van der Waals surface area (Å²) in [4.78, 5) is 0. The molecule has 0 amide bonds. The minimum absolute atomic E-state index is 0.0720. The first kappa shape index (κ1) is 24.5. The van der Waals surface area contributed by atoms with E-state index in [0.717, 1.165) is 56.3 Å². The summed E-state index contributed by atoms with van der Waals surface area (Å²) < 4.78 is 35.4. The number of hydrogen-bond donors (Lipinski definition) is 0. The van der Waals surface area contributed by atoms with Gasteiger partial charge in [0.15, 0.2) is 11.6 Å². The molecular weight excluding hydrogens is 390 g/mol. The molecule has 0 aromatic heterocycles. The molecule has 0 bridgehead atoms. The highest BCUT2D eigenvalue weighted by atomic mass is 19.2. The zero-order valence-corrected chi connectivity index (χ0v) is 20.1. The zero-order valence-electron chi connectivity index (χ0n) is 20.1. The summed E-state index contributed by atoms with van der Waals surface area (Å²) in [5.41, 5.74) is 0.564. The molecule has 176 valence electrons. The molecule has 0 N–H and O–H groups in total. The smallest absolute Gasteiger partial charge is 0.200 e. The van der Waals surface area contributed by atoms with E-state index in [-0.39, 0.29) is 17.8 Å². The fraction of sp³-hybridized carbons (Fsp3) is 0.786. The van der Waals surface area contributed by atoms with Gasteiger partial charge < -0.3 is 4.74 Å². The average molecular weight is 435 g/mol. The number of ether oxygens (including phenoxy) is 1. The van der Waals surface area contributed by atoms with Gasteiger partial charge in [0.05, 0.1) is 6.10 Å². The Kier molecular flexibility index (Phi) is 9.66. The molecule has 0 saturated heterocycles. The van der Waals surface area contributed by atoms with Crippen LogP contribution in [0.2, 0.25) is 0 Å². The first-order chi connectivity index (χ1) is 15.0. The molecule has 1 aromatic carbocycles. The van der Waals surface area contributed by atoms with Crippen molar-refractivity contribution < 1.29 is 13.5 Å².